The summed E-state index contributed by atoms with van der Waals surface area (Å²) in [5.41, 5.74) is 1.23. The molecule has 0 spiro atoms. The Morgan fingerprint density at radius 2 is 1.60 bits per heavy atom. The number of benzene rings is 2. The lowest BCUT2D eigenvalue weighted by molar-refractivity contribution is -0.0151. The maximum Gasteiger partial charge on any atom is 0.126 e. The summed E-state index contributed by atoms with van der Waals surface area (Å²) in [6.07, 6.45) is 3.05. The summed E-state index contributed by atoms with van der Waals surface area (Å²) in [6.45, 7) is 0.816. The normalized spacial score (nSPS) is 23.4. The van der Waals surface area contributed by atoms with Crippen LogP contribution in [0.5, 0.6) is 5.75 Å². The van der Waals surface area contributed by atoms with Gasteiger partial charge in [0.2, 0.25) is 0 Å². The third kappa shape index (κ3) is 5.35. The quantitative estimate of drug-likeness (QED) is 0.776. The van der Waals surface area contributed by atoms with E-state index in [4.69, 9.17) is 27.9 Å². The molecule has 0 bridgehead atoms. The lowest BCUT2D eigenvalue weighted by Gasteiger charge is -2.35. The highest BCUT2D eigenvalue weighted by molar-refractivity contribution is 6.30. The van der Waals surface area contributed by atoms with Gasteiger partial charge in [-0.2, -0.15) is 0 Å². The van der Waals surface area contributed by atoms with E-state index >= 15 is 0 Å². The zero-order valence-electron chi connectivity index (χ0n) is 14.0. The molecule has 134 valence electrons. The van der Waals surface area contributed by atoms with Gasteiger partial charge in [0.25, 0.3) is 0 Å². The topological polar surface area (TPSA) is 41.5 Å². The fourth-order valence-electron chi connectivity index (χ4n) is 3.23. The van der Waals surface area contributed by atoms with Crippen LogP contribution in [0.4, 0.5) is 0 Å². The summed E-state index contributed by atoms with van der Waals surface area (Å²) in [5.74, 6) is 0.746. The molecule has 1 saturated carbocycles. The number of rotatable bonds is 6. The van der Waals surface area contributed by atoms with Crippen LogP contribution in [0.2, 0.25) is 10.0 Å². The minimum absolute atomic E-state index is 0.0540. The highest BCUT2D eigenvalue weighted by Gasteiger charge is 2.32. The molecule has 0 radical (unpaired) electrons. The molecule has 0 aromatic heterocycles. The van der Waals surface area contributed by atoms with Crippen molar-refractivity contribution in [1.82, 2.24) is 5.32 Å². The van der Waals surface area contributed by atoms with Crippen LogP contribution in [0.3, 0.4) is 0 Å². The van der Waals surface area contributed by atoms with Crippen molar-refractivity contribution in [3.05, 3.63) is 64.1 Å². The lowest BCUT2D eigenvalue weighted by Crippen LogP contribution is -2.51. The number of ether oxygens (including phenoxy) is 1. The molecule has 0 heterocycles. The van der Waals surface area contributed by atoms with Crippen LogP contribution in [0.15, 0.2) is 48.5 Å². The molecule has 3 atom stereocenters. The molecule has 0 amide bonds. The Balaban J connectivity index is 1.50. The Kier molecular flexibility index (Phi) is 6.60. The fourth-order valence-corrected chi connectivity index (χ4v) is 3.48. The number of nitrogens with one attached hydrogen (secondary N) is 1. The van der Waals surface area contributed by atoms with Crippen LogP contribution in [-0.4, -0.2) is 29.9 Å². The third-order valence-corrected chi connectivity index (χ3v) is 5.14. The van der Waals surface area contributed by atoms with E-state index in [1.807, 2.05) is 36.4 Å². The van der Waals surface area contributed by atoms with Gasteiger partial charge in [0, 0.05) is 16.1 Å². The second-order valence-electron chi connectivity index (χ2n) is 6.47. The smallest absolute Gasteiger partial charge is 0.126 e. The number of aliphatic hydroxyl groups is 1. The second-order valence-corrected chi connectivity index (χ2v) is 7.34. The van der Waals surface area contributed by atoms with Gasteiger partial charge in [0.15, 0.2) is 0 Å². The first-order valence-electron chi connectivity index (χ1n) is 8.70. The first kappa shape index (κ1) is 18.5. The van der Waals surface area contributed by atoms with Crippen molar-refractivity contribution >= 4 is 23.2 Å². The van der Waals surface area contributed by atoms with Crippen molar-refractivity contribution in [2.24, 2.45) is 0 Å². The number of aliphatic hydroxyl groups excluding tert-OH is 1. The van der Waals surface area contributed by atoms with Gasteiger partial charge in [-0.1, -0.05) is 35.3 Å². The number of hydrogen-bond acceptors (Lipinski definition) is 3. The molecule has 0 unspecified atom stereocenters. The predicted molar refractivity (Wildman–Crippen MR) is 103 cm³/mol. The second kappa shape index (κ2) is 8.91. The molecular formula is C20H23Cl2NO2. The maximum atomic E-state index is 10.6. The Morgan fingerprint density at radius 1 is 0.960 bits per heavy atom. The molecule has 2 aromatic carbocycles. The van der Waals surface area contributed by atoms with Crippen LogP contribution in [0, 0.1) is 0 Å². The van der Waals surface area contributed by atoms with E-state index in [9.17, 15) is 5.11 Å². The summed E-state index contributed by atoms with van der Waals surface area (Å²) in [6, 6.07) is 15.2. The Labute approximate surface area is 158 Å². The van der Waals surface area contributed by atoms with Crippen LogP contribution in [-0.2, 0) is 6.42 Å². The zero-order chi connectivity index (χ0) is 17.6. The Hall–Kier alpha value is -1.26. The molecule has 3 nitrogen and oxygen atoms in total. The van der Waals surface area contributed by atoms with Gasteiger partial charge in [-0.25, -0.2) is 0 Å². The van der Waals surface area contributed by atoms with Crippen molar-refractivity contribution in [1.29, 1.82) is 0 Å². The van der Waals surface area contributed by atoms with Gasteiger partial charge in [0.05, 0.1) is 0 Å². The van der Waals surface area contributed by atoms with E-state index in [1.165, 1.54) is 5.56 Å². The van der Waals surface area contributed by atoms with Crippen molar-refractivity contribution in [2.45, 2.75) is 43.9 Å². The molecule has 0 aliphatic heterocycles. The van der Waals surface area contributed by atoms with E-state index in [-0.39, 0.29) is 12.1 Å². The monoisotopic (exact) mass is 379 g/mol. The van der Waals surface area contributed by atoms with Gasteiger partial charge < -0.3 is 15.2 Å². The molecule has 2 N–H and O–H groups in total. The Bertz CT molecular complexity index is 660. The molecule has 1 aliphatic rings. The minimum Gasteiger partial charge on any atom is -0.488 e. The molecule has 1 fully saturated rings. The molecule has 25 heavy (non-hydrogen) atoms. The highest BCUT2D eigenvalue weighted by atomic mass is 35.5. The van der Waals surface area contributed by atoms with Crippen molar-refractivity contribution in [2.75, 3.05) is 6.54 Å². The lowest BCUT2D eigenvalue weighted by atomic mass is 9.89. The largest absolute Gasteiger partial charge is 0.488 e. The van der Waals surface area contributed by atoms with Gasteiger partial charge in [-0.3, -0.25) is 0 Å². The van der Waals surface area contributed by atoms with Crippen LogP contribution < -0.4 is 10.1 Å². The van der Waals surface area contributed by atoms with Crippen LogP contribution in [0.1, 0.15) is 24.8 Å². The summed E-state index contributed by atoms with van der Waals surface area (Å²) in [7, 11) is 0. The van der Waals surface area contributed by atoms with Gasteiger partial charge in [-0.15, -0.1) is 0 Å². The summed E-state index contributed by atoms with van der Waals surface area (Å²) in [5, 5.41) is 15.6. The van der Waals surface area contributed by atoms with E-state index in [2.05, 4.69) is 5.32 Å². The SMILES string of the molecule is O[C@@H]1[C@@H](NCCc2ccc(Cl)cc2)CCC[C@H]1Oc1ccc(Cl)cc1. The summed E-state index contributed by atoms with van der Waals surface area (Å²) >= 11 is 11.8. The molecular weight excluding hydrogens is 357 g/mol. The molecule has 1 aliphatic carbocycles. The zero-order valence-corrected chi connectivity index (χ0v) is 15.5. The first-order valence-corrected chi connectivity index (χ1v) is 9.45. The summed E-state index contributed by atoms with van der Waals surface area (Å²) < 4.78 is 5.97. The summed E-state index contributed by atoms with van der Waals surface area (Å²) in [4.78, 5) is 0. The van der Waals surface area contributed by atoms with E-state index in [1.54, 1.807) is 12.1 Å². The average Bonchev–Trinajstić information content (AvgIpc) is 2.62. The maximum absolute atomic E-state index is 10.6. The van der Waals surface area contributed by atoms with E-state index in [0.717, 1.165) is 43.0 Å². The van der Waals surface area contributed by atoms with Crippen molar-refractivity contribution in [3.8, 4) is 5.75 Å². The van der Waals surface area contributed by atoms with Crippen molar-refractivity contribution in [3.63, 3.8) is 0 Å². The standard InChI is InChI=1S/C20H23Cl2NO2/c21-15-6-4-14(5-7-15)12-13-23-18-2-1-3-19(20(18)24)25-17-10-8-16(22)9-11-17/h4-11,18-20,23-24H,1-3,12-13H2/t18-,19+,20+/m0/s1. The number of halogens is 2. The highest BCUT2D eigenvalue weighted by Crippen LogP contribution is 2.25. The third-order valence-electron chi connectivity index (χ3n) is 4.63. The predicted octanol–water partition coefficient (Wildman–Crippen LogP) is 4.49. The van der Waals surface area contributed by atoms with Crippen molar-refractivity contribution < 1.29 is 9.84 Å². The Morgan fingerprint density at radius 3 is 2.28 bits per heavy atom. The fraction of sp³-hybridized carbons (Fsp3) is 0.400. The van der Waals surface area contributed by atoms with E-state index in [0.29, 0.717) is 5.02 Å². The molecule has 2 aromatic rings. The van der Waals surface area contributed by atoms with Gasteiger partial charge in [0.1, 0.15) is 18.0 Å². The molecule has 3 rings (SSSR count). The average molecular weight is 380 g/mol. The first-order chi connectivity index (χ1) is 12.1. The van der Waals surface area contributed by atoms with Crippen LogP contribution in [0.25, 0.3) is 0 Å². The van der Waals surface area contributed by atoms with Gasteiger partial charge in [-0.05, 0) is 74.2 Å². The minimum atomic E-state index is -0.519. The van der Waals surface area contributed by atoms with Crippen LogP contribution >= 0.6 is 23.2 Å². The van der Waals surface area contributed by atoms with Gasteiger partial charge >= 0.3 is 0 Å². The molecule has 0 saturated heterocycles. The number of hydrogen-bond donors (Lipinski definition) is 2. The van der Waals surface area contributed by atoms with E-state index < -0.39 is 6.10 Å². The molecule has 5 heteroatoms.